The van der Waals surface area contributed by atoms with Crippen LogP contribution in [0.1, 0.15) is 74.0 Å². The number of hydrogen-bond donors (Lipinski definition) is 3. The van der Waals surface area contributed by atoms with Crippen LogP contribution >= 0.6 is 0 Å². The van der Waals surface area contributed by atoms with Crippen LogP contribution in [-0.2, 0) is 26.6 Å². The molecule has 0 bridgehead atoms. The van der Waals surface area contributed by atoms with Gasteiger partial charge in [0.15, 0.2) is 11.2 Å². The highest BCUT2D eigenvalue weighted by Gasteiger charge is 2.27. The maximum atomic E-state index is 14.0. The van der Waals surface area contributed by atoms with Crippen molar-refractivity contribution >= 4 is 28.9 Å². The number of nitrogens with two attached hydrogens (primary N) is 1. The van der Waals surface area contributed by atoms with E-state index in [0.29, 0.717) is 24.7 Å². The summed E-state index contributed by atoms with van der Waals surface area (Å²) in [6, 6.07) is 1.58. The molecule has 0 aromatic carbocycles. The second-order valence-electron chi connectivity index (χ2n) is 10.5. The Balaban J connectivity index is 1.85. The van der Waals surface area contributed by atoms with Crippen LogP contribution in [0.2, 0.25) is 0 Å². The number of anilines is 2. The standard InChI is InChI=1S/C29H40N8O4/c1-5-7-9-10-12-19-16-21(27(39)40)22(32-24(19)31-3)18-37-26(38)23-25(34(4)29(37)41)33-28(36(23)15-8-6-2)35-14-11-13-20(30)17-35/h16,20H,5,7,9-15,17-18,30H2,1-4H3,(H,31,32)(H,39,40)/t20-/m1/s1. The summed E-state index contributed by atoms with van der Waals surface area (Å²) >= 11 is 0. The number of carbonyl (C=O) groups is 1. The van der Waals surface area contributed by atoms with Crippen LogP contribution in [0, 0.1) is 11.8 Å². The Morgan fingerprint density at radius 1 is 1.22 bits per heavy atom. The molecule has 1 aliphatic heterocycles. The number of aromatic carboxylic acids is 1. The summed E-state index contributed by atoms with van der Waals surface area (Å²) in [5, 5.41) is 13.1. The molecule has 3 aromatic rings. The smallest absolute Gasteiger partial charge is 0.337 e. The molecule has 220 valence electrons. The van der Waals surface area contributed by atoms with Gasteiger partial charge in [-0.1, -0.05) is 32.1 Å². The summed E-state index contributed by atoms with van der Waals surface area (Å²) in [6.45, 7) is 5.06. The number of nitrogens with one attached hydrogen (secondary N) is 1. The summed E-state index contributed by atoms with van der Waals surface area (Å²) in [4.78, 5) is 51.1. The minimum absolute atomic E-state index is 0.0220. The van der Waals surface area contributed by atoms with Gasteiger partial charge >= 0.3 is 11.7 Å². The Labute approximate surface area is 239 Å². The van der Waals surface area contributed by atoms with Crippen LogP contribution in [0.4, 0.5) is 11.8 Å². The highest BCUT2D eigenvalue weighted by molar-refractivity contribution is 5.89. The Morgan fingerprint density at radius 3 is 2.66 bits per heavy atom. The zero-order valence-electron chi connectivity index (χ0n) is 24.4. The number of aromatic nitrogens is 5. The van der Waals surface area contributed by atoms with Gasteiger partial charge in [0.2, 0.25) is 5.95 Å². The highest BCUT2D eigenvalue weighted by atomic mass is 16.4. The molecule has 0 aliphatic carbocycles. The molecule has 0 spiro atoms. The molecule has 12 heteroatoms. The number of rotatable bonds is 11. The summed E-state index contributed by atoms with van der Waals surface area (Å²) < 4.78 is 4.08. The summed E-state index contributed by atoms with van der Waals surface area (Å²) in [7, 11) is 3.28. The van der Waals surface area contributed by atoms with Gasteiger partial charge in [0.05, 0.1) is 24.3 Å². The van der Waals surface area contributed by atoms with Gasteiger partial charge in [0, 0.05) is 33.2 Å². The van der Waals surface area contributed by atoms with Crippen molar-refractivity contribution in [2.45, 2.75) is 77.9 Å². The molecule has 4 heterocycles. The molecular formula is C29H40N8O4. The highest BCUT2D eigenvalue weighted by Crippen LogP contribution is 2.24. The van der Waals surface area contributed by atoms with Crippen molar-refractivity contribution in [3.8, 4) is 11.8 Å². The van der Waals surface area contributed by atoms with E-state index < -0.39 is 17.2 Å². The first kappa shape index (κ1) is 29.9. The average molecular weight is 565 g/mol. The van der Waals surface area contributed by atoms with Gasteiger partial charge in [-0.3, -0.25) is 18.5 Å². The van der Waals surface area contributed by atoms with Gasteiger partial charge in [-0.25, -0.2) is 14.6 Å². The second kappa shape index (κ2) is 13.0. The number of carboxylic acid groups (broad SMARTS) is 1. The zero-order valence-corrected chi connectivity index (χ0v) is 24.4. The van der Waals surface area contributed by atoms with E-state index >= 15 is 0 Å². The quantitative estimate of drug-likeness (QED) is 0.235. The zero-order chi connectivity index (χ0) is 29.7. The Morgan fingerprint density at radius 2 is 2.00 bits per heavy atom. The average Bonchev–Trinajstić information content (AvgIpc) is 3.35. The number of nitrogens with zero attached hydrogens (tertiary/aromatic N) is 6. The van der Waals surface area contributed by atoms with E-state index in [1.165, 1.54) is 4.57 Å². The Bertz CT molecular complexity index is 1610. The molecule has 0 amide bonds. The van der Waals surface area contributed by atoms with Crippen LogP contribution in [0.3, 0.4) is 0 Å². The van der Waals surface area contributed by atoms with E-state index in [4.69, 9.17) is 10.7 Å². The third-order valence-electron chi connectivity index (χ3n) is 7.62. The topological polar surface area (TPSA) is 153 Å². The SMILES string of the molecule is CC#CCn1c(N2CCC[C@@H](N)C2)nc2c1c(=O)n(Cc1nc(NC)c(CCCCCC)cc1C(=O)O)c(=O)n2C. The molecule has 0 unspecified atom stereocenters. The fraction of sp³-hybridized carbons (Fsp3) is 0.552. The number of pyridine rings is 1. The molecule has 1 saturated heterocycles. The van der Waals surface area contributed by atoms with Gasteiger partial charge in [-0.15, -0.1) is 5.92 Å². The largest absolute Gasteiger partial charge is 0.478 e. The lowest BCUT2D eigenvalue weighted by atomic mass is 10.0. The molecule has 4 N–H and O–H groups in total. The molecular weight excluding hydrogens is 524 g/mol. The van der Waals surface area contributed by atoms with Crippen molar-refractivity contribution in [2.24, 2.45) is 12.8 Å². The Kier molecular flexibility index (Phi) is 9.50. The summed E-state index contributed by atoms with van der Waals surface area (Å²) in [5.41, 5.74) is 6.40. The lowest BCUT2D eigenvalue weighted by Gasteiger charge is -2.31. The molecule has 12 nitrogen and oxygen atoms in total. The molecule has 0 radical (unpaired) electrons. The van der Waals surface area contributed by atoms with Crippen molar-refractivity contribution in [3.63, 3.8) is 0 Å². The predicted molar refractivity (Wildman–Crippen MR) is 160 cm³/mol. The van der Waals surface area contributed by atoms with Crippen molar-refractivity contribution in [2.75, 3.05) is 30.4 Å². The number of hydrogen-bond acceptors (Lipinski definition) is 8. The third kappa shape index (κ3) is 6.15. The molecule has 41 heavy (non-hydrogen) atoms. The number of piperidine rings is 1. The van der Waals surface area contributed by atoms with Crippen LogP contribution in [0.25, 0.3) is 11.2 Å². The van der Waals surface area contributed by atoms with Gasteiger partial charge in [0.25, 0.3) is 5.56 Å². The number of fused-ring (bicyclic) bond motifs is 1. The number of unbranched alkanes of at least 4 members (excludes halogenated alkanes) is 3. The van der Waals surface area contributed by atoms with Gasteiger partial charge in [0.1, 0.15) is 5.82 Å². The van der Waals surface area contributed by atoms with E-state index in [1.807, 2.05) is 4.90 Å². The maximum Gasteiger partial charge on any atom is 0.337 e. The number of imidazole rings is 1. The lowest BCUT2D eigenvalue weighted by Crippen LogP contribution is -2.44. The van der Waals surface area contributed by atoms with Gasteiger partial charge < -0.3 is 21.1 Å². The molecule has 0 saturated carbocycles. The second-order valence-corrected chi connectivity index (χ2v) is 10.5. The minimum Gasteiger partial charge on any atom is -0.478 e. The Hall–Kier alpha value is -4.11. The summed E-state index contributed by atoms with van der Waals surface area (Å²) in [5.74, 6) is 5.80. The number of aryl methyl sites for hydroxylation is 2. The maximum absolute atomic E-state index is 14.0. The van der Waals surface area contributed by atoms with E-state index in [9.17, 15) is 19.5 Å². The van der Waals surface area contributed by atoms with Crippen LogP contribution in [-0.4, -0.2) is 60.9 Å². The van der Waals surface area contributed by atoms with Crippen molar-refractivity contribution < 1.29 is 9.90 Å². The molecule has 1 atom stereocenters. The minimum atomic E-state index is -1.16. The predicted octanol–water partition coefficient (Wildman–Crippen LogP) is 2.15. The molecule has 3 aromatic heterocycles. The van der Waals surface area contributed by atoms with Crippen molar-refractivity contribution in [1.29, 1.82) is 0 Å². The van der Waals surface area contributed by atoms with E-state index in [0.717, 1.165) is 55.2 Å². The molecule has 1 fully saturated rings. The first-order valence-electron chi connectivity index (χ1n) is 14.3. The van der Waals surface area contributed by atoms with Gasteiger partial charge in [-0.05, 0) is 44.2 Å². The van der Waals surface area contributed by atoms with E-state index in [1.54, 1.807) is 31.7 Å². The third-order valence-corrected chi connectivity index (χ3v) is 7.62. The van der Waals surface area contributed by atoms with Crippen LogP contribution in [0.5, 0.6) is 0 Å². The van der Waals surface area contributed by atoms with E-state index in [2.05, 4.69) is 29.1 Å². The van der Waals surface area contributed by atoms with Gasteiger partial charge in [-0.2, -0.15) is 4.98 Å². The molecule has 4 rings (SSSR count). The van der Waals surface area contributed by atoms with E-state index in [-0.39, 0.29) is 41.6 Å². The van der Waals surface area contributed by atoms with Crippen molar-refractivity contribution in [3.05, 3.63) is 43.7 Å². The monoisotopic (exact) mass is 564 g/mol. The van der Waals surface area contributed by atoms with Crippen molar-refractivity contribution in [1.82, 2.24) is 23.7 Å². The molecule has 1 aliphatic rings. The fourth-order valence-corrected chi connectivity index (χ4v) is 5.44. The summed E-state index contributed by atoms with van der Waals surface area (Å²) in [6.07, 6.45) is 6.62. The van der Waals surface area contributed by atoms with Crippen LogP contribution in [0.15, 0.2) is 15.7 Å². The fourth-order valence-electron chi connectivity index (χ4n) is 5.44. The first-order valence-corrected chi connectivity index (χ1v) is 14.3. The van der Waals surface area contributed by atoms with Crippen LogP contribution < -0.4 is 27.2 Å². The number of carboxylic acids is 1. The normalized spacial score (nSPS) is 15.1. The lowest BCUT2D eigenvalue weighted by molar-refractivity contribution is 0.0694. The first-order chi connectivity index (χ1) is 19.7.